The summed E-state index contributed by atoms with van der Waals surface area (Å²) in [4.78, 5) is 0. The summed E-state index contributed by atoms with van der Waals surface area (Å²) in [5, 5.41) is 41.1. The first-order valence-corrected chi connectivity index (χ1v) is 22.9. The molecule has 0 amide bonds. The zero-order valence-electron chi connectivity index (χ0n) is 39.8. The van der Waals surface area contributed by atoms with Gasteiger partial charge in [-0.25, -0.2) is 0 Å². The van der Waals surface area contributed by atoms with Crippen LogP contribution in [0, 0.1) is 74.4 Å². The number of rotatable bonds is 24. The molecule has 3 unspecified atom stereocenters. The van der Waals surface area contributed by atoms with Crippen molar-refractivity contribution in [3.8, 4) is 30.3 Å². The molecule has 0 aromatic heterocycles. The summed E-state index contributed by atoms with van der Waals surface area (Å²) in [5.74, 6) is 2.26. The van der Waals surface area contributed by atoms with Crippen LogP contribution in [0.15, 0.2) is 101 Å². The summed E-state index contributed by atoms with van der Waals surface area (Å²) < 4.78 is 0. The van der Waals surface area contributed by atoms with Gasteiger partial charge in [-0.3, -0.25) is 0 Å². The fourth-order valence-corrected chi connectivity index (χ4v) is 5.25. The summed E-state index contributed by atoms with van der Waals surface area (Å²) >= 11 is 0. The molecule has 3 atom stereocenters. The van der Waals surface area contributed by atoms with Crippen LogP contribution in [0.5, 0.6) is 0 Å². The lowest BCUT2D eigenvalue weighted by molar-refractivity contribution is 0.411. The van der Waals surface area contributed by atoms with E-state index < -0.39 is 0 Å². The standard InChI is InChI=1S/C13H25N.C13H23N.C11H17N.2C5H7N.C4H6.2C2H4.H2/c2*1-3-4-5-6-7-8-10-13(2)11-9-12-14;12-10-6-9-11-7-4-2-1-3-5-8-11;2*1-2-3-4-5-6;1-3-4-2;2*1-2;/h13H,3-11H2,1-2H3;6-7,13H,3-5,8-11H2,1-2H3;1-2,11H,3-9H2;2*2H,1,3-4H2;3-4H,1-2H2;2*1-2H2;1H/b;7-6+;2-1-;;;;;;. The molecule has 5 heteroatoms. The molecule has 1 rings (SSSR count). The van der Waals surface area contributed by atoms with Crippen LogP contribution < -0.4 is 0 Å². The predicted octanol–water partition coefficient (Wildman–Crippen LogP) is 18.7. The zero-order chi connectivity index (χ0) is 47.0. The monoisotopic (exact) mass is 826 g/mol. The molecule has 0 bridgehead atoms. The highest BCUT2D eigenvalue weighted by atomic mass is 14.2. The molecule has 0 N–H and O–H groups in total. The van der Waals surface area contributed by atoms with Crippen molar-refractivity contribution in [3.63, 3.8) is 0 Å². The maximum absolute atomic E-state index is 8.46. The summed E-state index contributed by atoms with van der Waals surface area (Å²) in [5.41, 5.74) is 0. The van der Waals surface area contributed by atoms with Gasteiger partial charge in [0.1, 0.15) is 0 Å². The van der Waals surface area contributed by atoms with Crippen molar-refractivity contribution >= 4 is 0 Å². The topological polar surface area (TPSA) is 119 Å². The average Bonchev–Trinajstić information content (AvgIpc) is 3.27. The average molecular weight is 826 g/mol. The molecule has 0 aromatic carbocycles. The van der Waals surface area contributed by atoms with E-state index in [2.05, 4.69) is 123 Å². The van der Waals surface area contributed by atoms with Gasteiger partial charge in [-0.2, -0.15) is 26.3 Å². The highest BCUT2D eigenvalue weighted by molar-refractivity contribution is 4.88. The van der Waals surface area contributed by atoms with Gasteiger partial charge in [0.25, 0.3) is 0 Å². The van der Waals surface area contributed by atoms with Crippen LogP contribution in [0.3, 0.4) is 0 Å². The second kappa shape index (κ2) is 78.7. The molecule has 0 aliphatic heterocycles. The lowest BCUT2D eigenvalue weighted by Gasteiger charge is -2.15. The molecule has 0 heterocycles. The summed E-state index contributed by atoms with van der Waals surface area (Å²) in [6.07, 6.45) is 46.4. The maximum atomic E-state index is 8.46. The van der Waals surface area contributed by atoms with E-state index in [1.54, 1.807) is 24.3 Å². The van der Waals surface area contributed by atoms with Crippen LogP contribution in [0.25, 0.3) is 0 Å². The third kappa shape index (κ3) is 89.8. The quantitative estimate of drug-likeness (QED) is 0.0545. The van der Waals surface area contributed by atoms with Gasteiger partial charge in [0.05, 0.1) is 30.3 Å². The molecule has 0 saturated carbocycles. The molecule has 60 heavy (non-hydrogen) atoms. The zero-order valence-corrected chi connectivity index (χ0v) is 39.8. The molecule has 1 aliphatic rings. The smallest absolute Gasteiger partial charge is 0.0624 e. The van der Waals surface area contributed by atoms with Gasteiger partial charge in [0.15, 0.2) is 0 Å². The first kappa shape index (κ1) is 70.0. The van der Waals surface area contributed by atoms with Crippen molar-refractivity contribution in [1.82, 2.24) is 0 Å². The minimum absolute atomic E-state index is 0. The Kier molecular flexibility index (Phi) is 91.7. The van der Waals surface area contributed by atoms with Crippen LogP contribution in [0.4, 0.5) is 0 Å². The lowest BCUT2D eigenvalue weighted by Crippen LogP contribution is -2.01. The summed E-state index contributed by atoms with van der Waals surface area (Å²) in [7, 11) is 0. The highest BCUT2D eigenvalue weighted by Crippen LogP contribution is 2.22. The first-order valence-electron chi connectivity index (χ1n) is 22.9. The number of hydrogen-bond acceptors (Lipinski definition) is 5. The fraction of sp³-hybridized carbons (Fsp3) is 0.618. The summed E-state index contributed by atoms with van der Waals surface area (Å²) in [6, 6.07) is 10.6. The van der Waals surface area contributed by atoms with E-state index in [4.69, 9.17) is 26.3 Å². The molecule has 0 spiro atoms. The molecule has 0 saturated heterocycles. The number of nitriles is 5. The molecule has 5 nitrogen and oxygen atoms in total. The van der Waals surface area contributed by atoms with Gasteiger partial charge in [-0.15, -0.1) is 39.5 Å². The third-order valence-corrected chi connectivity index (χ3v) is 8.91. The van der Waals surface area contributed by atoms with Crippen molar-refractivity contribution in [2.45, 2.75) is 201 Å². The van der Waals surface area contributed by atoms with Gasteiger partial charge in [0, 0.05) is 33.5 Å². The highest BCUT2D eigenvalue weighted by Gasteiger charge is 2.08. The van der Waals surface area contributed by atoms with Crippen LogP contribution >= 0.6 is 0 Å². The predicted molar refractivity (Wildman–Crippen MR) is 270 cm³/mol. The van der Waals surface area contributed by atoms with Gasteiger partial charge >= 0.3 is 0 Å². The first-order chi connectivity index (χ1) is 29.3. The Balaban J connectivity index is -0.0000000942. The Morgan fingerprint density at radius 3 is 1.43 bits per heavy atom. The third-order valence-electron chi connectivity index (χ3n) is 8.91. The van der Waals surface area contributed by atoms with Crippen LogP contribution in [-0.2, 0) is 0 Å². The van der Waals surface area contributed by atoms with E-state index in [1.165, 1.54) is 109 Å². The SMILES string of the molecule is C=C.C=C.C=CC=C.C=CCCC#N.C=CCCC#N.CCCC/C=C/CCC(C)CCC#N.CCCCCCCCC(C)CCC#N.N#CCCC1CC/C=C\CCC1.[HH]. The summed E-state index contributed by atoms with van der Waals surface area (Å²) in [6.45, 7) is 34.6. The van der Waals surface area contributed by atoms with Crippen LogP contribution in [-0.4, -0.2) is 0 Å². The van der Waals surface area contributed by atoms with Crippen molar-refractivity contribution in [2.24, 2.45) is 17.8 Å². The molecule has 340 valence electrons. The number of nitrogens with zero attached hydrogens (tertiary/aromatic N) is 5. The minimum atomic E-state index is 0. The molecule has 1 aliphatic carbocycles. The normalized spacial score (nSPS) is 13.0. The molecular formula is C55H95N5. The van der Waals surface area contributed by atoms with Gasteiger partial charge in [-0.05, 0) is 94.8 Å². The van der Waals surface area contributed by atoms with Crippen LogP contribution in [0.1, 0.15) is 202 Å². The number of unbranched alkanes of at least 4 members (excludes halogenated alkanes) is 9. The Morgan fingerprint density at radius 1 is 0.533 bits per heavy atom. The van der Waals surface area contributed by atoms with Gasteiger partial charge in [0.2, 0.25) is 0 Å². The van der Waals surface area contributed by atoms with Crippen molar-refractivity contribution < 1.29 is 1.43 Å². The molecule has 0 aromatic rings. The fourth-order valence-electron chi connectivity index (χ4n) is 5.25. The molecule has 0 radical (unpaired) electrons. The van der Waals surface area contributed by atoms with Crippen molar-refractivity contribution in [2.75, 3.05) is 0 Å². The molecular weight excluding hydrogens is 731 g/mol. The second-order valence-electron chi connectivity index (χ2n) is 14.3. The Morgan fingerprint density at radius 2 is 0.983 bits per heavy atom. The minimum Gasteiger partial charge on any atom is -0.198 e. The van der Waals surface area contributed by atoms with E-state index in [0.29, 0.717) is 25.2 Å². The van der Waals surface area contributed by atoms with Crippen LogP contribution in [0.2, 0.25) is 0 Å². The Hall–Kier alpha value is -4.63. The Labute approximate surface area is 376 Å². The van der Waals surface area contributed by atoms with E-state index in [-0.39, 0.29) is 1.43 Å². The van der Waals surface area contributed by atoms with E-state index in [9.17, 15) is 0 Å². The van der Waals surface area contributed by atoms with Gasteiger partial charge in [-0.1, -0.05) is 154 Å². The number of allylic oxidation sites excluding steroid dienone is 8. The maximum Gasteiger partial charge on any atom is 0.0624 e. The lowest BCUT2D eigenvalue weighted by atomic mass is 9.90. The Bertz CT molecular complexity index is 1110. The largest absolute Gasteiger partial charge is 0.198 e. The molecule has 0 fully saturated rings. The van der Waals surface area contributed by atoms with Gasteiger partial charge < -0.3 is 0 Å². The second-order valence-corrected chi connectivity index (χ2v) is 14.3. The van der Waals surface area contributed by atoms with Crippen molar-refractivity contribution in [3.05, 3.63) is 101 Å². The van der Waals surface area contributed by atoms with Crippen molar-refractivity contribution in [1.29, 1.82) is 26.3 Å². The van der Waals surface area contributed by atoms with E-state index in [1.807, 2.05) is 12.1 Å². The number of hydrogen-bond donors (Lipinski definition) is 0. The van der Waals surface area contributed by atoms with E-state index in [0.717, 1.165) is 56.8 Å². The van der Waals surface area contributed by atoms with E-state index >= 15 is 0 Å².